The van der Waals surface area contributed by atoms with Gasteiger partial charge in [-0.05, 0) is 32.8 Å². The predicted octanol–water partition coefficient (Wildman–Crippen LogP) is 1.89. The minimum atomic E-state index is -0.924. The molecule has 1 atom stereocenters. The van der Waals surface area contributed by atoms with Gasteiger partial charge in [-0.2, -0.15) is 0 Å². The van der Waals surface area contributed by atoms with E-state index in [1.807, 2.05) is 0 Å². The van der Waals surface area contributed by atoms with E-state index in [4.69, 9.17) is 0 Å². The third-order valence-corrected chi connectivity index (χ3v) is 3.61. The van der Waals surface area contributed by atoms with Crippen molar-refractivity contribution >= 4 is 11.6 Å². The molecule has 1 N–H and O–H groups in total. The van der Waals surface area contributed by atoms with E-state index in [0.717, 1.165) is 0 Å². The van der Waals surface area contributed by atoms with E-state index in [-0.39, 0.29) is 23.7 Å². The fourth-order valence-corrected chi connectivity index (χ4v) is 2.64. The second-order valence-corrected chi connectivity index (χ2v) is 5.56. The van der Waals surface area contributed by atoms with Crippen molar-refractivity contribution in [1.29, 1.82) is 0 Å². The van der Waals surface area contributed by atoms with Crippen molar-refractivity contribution in [3.05, 3.63) is 39.4 Å². The number of piperidine rings is 1. The van der Waals surface area contributed by atoms with Gasteiger partial charge in [-0.25, -0.2) is 0 Å². The third kappa shape index (κ3) is 2.80. The topological polar surface area (TPSA) is 83.7 Å². The Labute approximate surface area is 117 Å². The average Bonchev–Trinajstić information content (AvgIpc) is 2.35. The highest BCUT2D eigenvalue weighted by Crippen LogP contribution is 2.27. The molecule has 1 aromatic carbocycles. The Kier molecular flexibility index (Phi) is 3.76. The molecule has 6 heteroatoms. The van der Waals surface area contributed by atoms with Crippen molar-refractivity contribution in [3.63, 3.8) is 0 Å². The molecule has 0 aromatic heterocycles. The Morgan fingerprint density at radius 1 is 1.50 bits per heavy atom. The van der Waals surface area contributed by atoms with Crippen LogP contribution in [0, 0.1) is 17.0 Å². The number of likely N-dealkylation sites (tertiary alicyclic amines) is 1. The van der Waals surface area contributed by atoms with Crippen molar-refractivity contribution in [2.75, 3.05) is 13.1 Å². The van der Waals surface area contributed by atoms with Crippen LogP contribution in [0.5, 0.6) is 0 Å². The number of rotatable bonds is 2. The van der Waals surface area contributed by atoms with Gasteiger partial charge in [0.1, 0.15) is 5.56 Å². The molecule has 1 aliphatic rings. The Hall–Kier alpha value is -1.95. The van der Waals surface area contributed by atoms with Crippen LogP contribution < -0.4 is 0 Å². The highest BCUT2D eigenvalue weighted by atomic mass is 16.6. The van der Waals surface area contributed by atoms with Crippen molar-refractivity contribution in [3.8, 4) is 0 Å². The molecule has 1 fully saturated rings. The summed E-state index contributed by atoms with van der Waals surface area (Å²) in [6.07, 6.45) is 1.32. The van der Waals surface area contributed by atoms with E-state index in [1.165, 1.54) is 11.0 Å². The zero-order valence-electron chi connectivity index (χ0n) is 11.6. The van der Waals surface area contributed by atoms with Crippen LogP contribution >= 0.6 is 0 Å². The SMILES string of the molecule is Cc1cccc(C(=O)N2CCCC(C)(O)C2)c1[N+](=O)[O-]. The minimum absolute atomic E-state index is 0.0905. The van der Waals surface area contributed by atoms with E-state index in [0.29, 0.717) is 24.9 Å². The molecule has 1 amide bonds. The molecule has 1 aromatic rings. The summed E-state index contributed by atoms with van der Waals surface area (Å²) in [7, 11) is 0. The highest BCUT2D eigenvalue weighted by molar-refractivity contribution is 5.98. The van der Waals surface area contributed by atoms with Crippen molar-refractivity contribution in [2.45, 2.75) is 32.3 Å². The molecule has 1 aliphatic heterocycles. The Morgan fingerprint density at radius 3 is 2.80 bits per heavy atom. The molecule has 0 spiro atoms. The van der Waals surface area contributed by atoms with Gasteiger partial charge in [0.2, 0.25) is 0 Å². The van der Waals surface area contributed by atoms with E-state index in [1.54, 1.807) is 26.0 Å². The van der Waals surface area contributed by atoms with Crippen LogP contribution in [0.1, 0.15) is 35.7 Å². The quantitative estimate of drug-likeness (QED) is 0.661. The lowest BCUT2D eigenvalue weighted by Crippen LogP contribution is -2.48. The summed E-state index contributed by atoms with van der Waals surface area (Å²) in [5.41, 5.74) is -0.521. The molecule has 0 saturated carbocycles. The Bertz CT molecular complexity index is 554. The maximum absolute atomic E-state index is 12.5. The number of aliphatic hydroxyl groups is 1. The summed E-state index contributed by atoms with van der Waals surface area (Å²) < 4.78 is 0. The molecule has 0 bridgehead atoms. The number of benzene rings is 1. The molecule has 0 radical (unpaired) electrons. The summed E-state index contributed by atoms with van der Waals surface area (Å²) in [4.78, 5) is 24.6. The van der Waals surface area contributed by atoms with Crippen LogP contribution in [0.15, 0.2) is 18.2 Å². The van der Waals surface area contributed by atoms with E-state index < -0.39 is 10.5 Å². The first kappa shape index (κ1) is 14.5. The van der Waals surface area contributed by atoms with Crippen LogP contribution in [-0.4, -0.2) is 39.5 Å². The highest BCUT2D eigenvalue weighted by Gasteiger charge is 2.34. The number of nitro groups is 1. The number of carbonyl (C=O) groups is 1. The summed E-state index contributed by atoms with van der Waals surface area (Å²) in [6, 6.07) is 4.72. The van der Waals surface area contributed by atoms with Crippen LogP contribution in [0.3, 0.4) is 0 Å². The molecule has 1 saturated heterocycles. The van der Waals surface area contributed by atoms with Crippen LogP contribution in [0.25, 0.3) is 0 Å². The summed E-state index contributed by atoms with van der Waals surface area (Å²) in [5, 5.41) is 21.2. The number of nitrogens with zero attached hydrogens (tertiary/aromatic N) is 2. The predicted molar refractivity (Wildman–Crippen MR) is 73.6 cm³/mol. The first-order chi connectivity index (χ1) is 9.32. The van der Waals surface area contributed by atoms with Crippen LogP contribution in [0.4, 0.5) is 5.69 Å². The lowest BCUT2D eigenvalue weighted by atomic mass is 9.94. The second-order valence-electron chi connectivity index (χ2n) is 5.56. The number of nitro benzene ring substituents is 1. The van der Waals surface area contributed by atoms with Crippen molar-refractivity contribution < 1.29 is 14.8 Å². The van der Waals surface area contributed by atoms with Gasteiger partial charge in [-0.15, -0.1) is 0 Å². The smallest absolute Gasteiger partial charge is 0.285 e. The van der Waals surface area contributed by atoms with Crippen molar-refractivity contribution in [1.82, 2.24) is 4.90 Å². The van der Waals surface area contributed by atoms with Gasteiger partial charge in [0.15, 0.2) is 0 Å². The van der Waals surface area contributed by atoms with Gasteiger partial charge in [-0.1, -0.05) is 12.1 Å². The molecule has 20 heavy (non-hydrogen) atoms. The first-order valence-corrected chi connectivity index (χ1v) is 6.57. The van der Waals surface area contributed by atoms with Gasteiger partial charge < -0.3 is 10.0 Å². The Morgan fingerprint density at radius 2 is 2.20 bits per heavy atom. The van der Waals surface area contributed by atoms with Crippen molar-refractivity contribution in [2.24, 2.45) is 0 Å². The van der Waals surface area contributed by atoms with E-state index in [9.17, 15) is 20.0 Å². The molecule has 2 rings (SSSR count). The zero-order chi connectivity index (χ0) is 14.9. The van der Waals surface area contributed by atoms with Gasteiger partial charge in [0.05, 0.1) is 10.5 Å². The second kappa shape index (κ2) is 5.20. The number of amides is 1. The van der Waals surface area contributed by atoms with E-state index in [2.05, 4.69) is 0 Å². The molecule has 108 valence electrons. The third-order valence-electron chi connectivity index (χ3n) is 3.61. The number of carbonyl (C=O) groups excluding carboxylic acids is 1. The number of aryl methyl sites for hydroxylation is 1. The number of para-hydroxylation sites is 1. The fourth-order valence-electron chi connectivity index (χ4n) is 2.64. The summed E-state index contributed by atoms with van der Waals surface area (Å²) in [5.74, 6) is -0.389. The Balaban J connectivity index is 2.34. The lowest BCUT2D eigenvalue weighted by molar-refractivity contribution is -0.385. The fraction of sp³-hybridized carbons (Fsp3) is 0.500. The number of hydrogen-bond acceptors (Lipinski definition) is 4. The lowest BCUT2D eigenvalue weighted by Gasteiger charge is -2.36. The maximum atomic E-state index is 12.5. The number of β-amino-alcohol motifs (C(OH)–C–C–N with tert-alkyl or cyclic N) is 1. The van der Waals surface area contributed by atoms with Gasteiger partial charge >= 0.3 is 0 Å². The largest absolute Gasteiger partial charge is 0.388 e. The molecular formula is C14H18N2O4. The minimum Gasteiger partial charge on any atom is -0.388 e. The van der Waals surface area contributed by atoms with Gasteiger partial charge in [-0.3, -0.25) is 14.9 Å². The zero-order valence-corrected chi connectivity index (χ0v) is 11.6. The monoisotopic (exact) mass is 278 g/mol. The molecule has 1 unspecified atom stereocenters. The molecule has 0 aliphatic carbocycles. The van der Waals surface area contributed by atoms with Gasteiger partial charge in [0, 0.05) is 18.7 Å². The first-order valence-electron chi connectivity index (χ1n) is 6.57. The molecular weight excluding hydrogens is 260 g/mol. The standard InChI is InChI=1S/C14H18N2O4/c1-10-5-3-6-11(12(10)16(19)20)13(17)15-8-4-7-14(2,18)9-15/h3,5-6,18H,4,7-9H2,1-2H3. The summed E-state index contributed by atoms with van der Waals surface area (Å²) >= 11 is 0. The van der Waals surface area contributed by atoms with Crippen LogP contribution in [-0.2, 0) is 0 Å². The average molecular weight is 278 g/mol. The number of hydrogen-bond donors (Lipinski definition) is 1. The molecule has 6 nitrogen and oxygen atoms in total. The van der Waals surface area contributed by atoms with Gasteiger partial charge in [0.25, 0.3) is 11.6 Å². The maximum Gasteiger partial charge on any atom is 0.285 e. The normalized spacial score (nSPS) is 22.6. The van der Waals surface area contributed by atoms with Crippen LogP contribution in [0.2, 0.25) is 0 Å². The van der Waals surface area contributed by atoms with E-state index >= 15 is 0 Å². The summed E-state index contributed by atoms with van der Waals surface area (Å²) in [6.45, 7) is 4.01. The molecule has 1 heterocycles.